The van der Waals surface area contributed by atoms with E-state index < -0.39 is 0 Å². The SMILES string of the molecule is CCOC(=O)N1CCC(NC(N)=NCCCC2CC2)CC1.I. The van der Waals surface area contributed by atoms with E-state index in [4.69, 9.17) is 10.5 Å². The van der Waals surface area contributed by atoms with Gasteiger partial charge in [0.05, 0.1) is 6.61 Å². The zero-order valence-electron chi connectivity index (χ0n) is 13.4. The second-order valence-corrected chi connectivity index (χ2v) is 5.96. The maximum Gasteiger partial charge on any atom is 0.409 e. The van der Waals surface area contributed by atoms with Crippen molar-refractivity contribution in [3.63, 3.8) is 0 Å². The van der Waals surface area contributed by atoms with Crippen LogP contribution in [0.5, 0.6) is 0 Å². The molecule has 1 heterocycles. The number of halogens is 1. The summed E-state index contributed by atoms with van der Waals surface area (Å²) in [6.07, 6.45) is 6.78. The lowest BCUT2D eigenvalue weighted by Crippen LogP contribution is -2.48. The van der Waals surface area contributed by atoms with Crippen LogP contribution in [0.1, 0.15) is 45.4 Å². The van der Waals surface area contributed by atoms with Crippen LogP contribution in [-0.2, 0) is 4.74 Å². The van der Waals surface area contributed by atoms with Crippen molar-refractivity contribution >= 4 is 36.0 Å². The number of piperidine rings is 1. The average molecular weight is 424 g/mol. The largest absolute Gasteiger partial charge is 0.450 e. The zero-order valence-corrected chi connectivity index (χ0v) is 15.8. The topological polar surface area (TPSA) is 80.0 Å². The van der Waals surface area contributed by atoms with Crippen LogP contribution in [0.3, 0.4) is 0 Å². The molecule has 3 N–H and O–H groups in total. The van der Waals surface area contributed by atoms with E-state index >= 15 is 0 Å². The number of nitrogens with one attached hydrogen (secondary N) is 1. The van der Waals surface area contributed by atoms with Gasteiger partial charge in [-0.1, -0.05) is 12.8 Å². The lowest BCUT2D eigenvalue weighted by atomic mass is 10.1. The Bertz CT molecular complexity index is 367. The summed E-state index contributed by atoms with van der Waals surface area (Å²) in [6, 6.07) is 0.308. The summed E-state index contributed by atoms with van der Waals surface area (Å²) >= 11 is 0. The Morgan fingerprint density at radius 3 is 2.59 bits per heavy atom. The summed E-state index contributed by atoms with van der Waals surface area (Å²) in [5.74, 6) is 1.50. The molecule has 0 spiro atoms. The highest BCUT2D eigenvalue weighted by molar-refractivity contribution is 14.0. The zero-order chi connectivity index (χ0) is 15.1. The van der Waals surface area contributed by atoms with Crippen LogP contribution in [0.15, 0.2) is 4.99 Å². The molecule has 1 aliphatic carbocycles. The van der Waals surface area contributed by atoms with Crippen molar-refractivity contribution in [3.8, 4) is 0 Å². The lowest BCUT2D eigenvalue weighted by molar-refractivity contribution is 0.0963. The molecule has 7 heteroatoms. The Balaban J connectivity index is 0.00000242. The van der Waals surface area contributed by atoms with Crippen molar-refractivity contribution in [2.45, 2.75) is 51.5 Å². The minimum atomic E-state index is -0.210. The fourth-order valence-corrected chi connectivity index (χ4v) is 2.66. The van der Waals surface area contributed by atoms with Crippen LogP contribution in [0.4, 0.5) is 4.79 Å². The molecule has 2 fully saturated rings. The third-order valence-corrected chi connectivity index (χ3v) is 4.12. The number of hydrogen-bond acceptors (Lipinski definition) is 3. The Kier molecular flexibility index (Phi) is 8.89. The third kappa shape index (κ3) is 7.02. The molecule has 0 aromatic carbocycles. The lowest BCUT2D eigenvalue weighted by Gasteiger charge is -2.31. The van der Waals surface area contributed by atoms with Gasteiger partial charge in [0.2, 0.25) is 0 Å². The second-order valence-electron chi connectivity index (χ2n) is 5.96. The molecule has 1 amide bonds. The molecule has 0 aromatic heterocycles. The fraction of sp³-hybridized carbons (Fsp3) is 0.867. The van der Waals surface area contributed by atoms with Gasteiger partial charge in [0.15, 0.2) is 5.96 Å². The van der Waals surface area contributed by atoms with Gasteiger partial charge in [-0.15, -0.1) is 24.0 Å². The number of likely N-dealkylation sites (tertiary alicyclic amines) is 1. The van der Waals surface area contributed by atoms with E-state index in [9.17, 15) is 4.79 Å². The first-order valence-corrected chi connectivity index (χ1v) is 8.17. The Labute approximate surface area is 150 Å². The number of nitrogens with two attached hydrogens (primary N) is 1. The number of hydrogen-bond donors (Lipinski definition) is 2. The van der Waals surface area contributed by atoms with Crippen molar-refractivity contribution in [1.29, 1.82) is 0 Å². The van der Waals surface area contributed by atoms with Crippen molar-refractivity contribution in [3.05, 3.63) is 0 Å². The van der Waals surface area contributed by atoms with Crippen LogP contribution in [0.25, 0.3) is 0 Å². The van der Waals surface area contributed by atoms with Crippen LogP contribution in [0.2, 0.25) is 0 Å². The van der Waals surface area contributed by atoms with Crippen molar-refractivity contribution in [2.24, 2.45) is 16.6 Å². The minimum Gasteiger partial charge on any atom is -0.450 e. The van der Waals surface area contributed by atoms with Gasteiger partial charge in [0.25, 0.3) is 0 Å². The van der Waals surface area contributed by atoms with E-state index in [1.165, 1.54) is 19.3 Å². The number of carbonyl (C=O) groups excluding carboxylic acids is 1. The molecule has 2 rings (SSSR count). The second kappa shape index (κ2) is 10.1. The third-order valence-electron chi connectivity index (χ3n) is 4.12. The summed E-state index contributed by atoms with van der Waals surface area (Å²) < 4.78 is 5.01. The molecule has 1 saturated carbocycles. The van der Waals surface area contributed by atoms with Crippen LogP contribution < -0.4 is 11.1 Å². The quantitative estimate of drug-likeness (QED) is 0.297. The highest BCUT2D eigenvalue weighted by Gasteiger charge is 2.23. The molecule has 0 atom stereocenters. The predicted octanol–water partition coefficient (Wildman–Crippen LogP) is 2.32. The number of nitrogens with zero attached hydrogens (tertiary/aromatic N) is 2. The molecule has 1 aliphatic heterocycles. The van der Waals surface area contributed by atoms with Gasteiger partial charge in [-0.05, 0) is 38.5 Å². The van der Waals surface area contributed by atoms with E-state index in [2.05, 4.69) is 10.3 Å². The number of amides is 1. The van der Waals surface area contributed by atoms with Crippen LogP contribution >= 0.6 is 24.0 Å². The van der Waals surface area contributed by atoms with E-state index in [1.807, 2.05) is 6.92 Å². The first kappa shape index (κ1) is 19.3. The highest BCUT2D eigenvalue weighted by Crippen LogP contribution is 2.33. The normalized spacial score (nSPS) is 19.5. The van der Waals surface area contributed by atoms with Gasteiger partial charge in [-0.2, -0.15) is 0 Å². The Morgan fingerprint density at radius 2 is 2.00 bits per heavy atom. The van der Waals surface area contributed by atoms with Gasteiger partial charge in [-0.3, -0.25) is 4.99 Å². The van der Waals surface area contributed by atoms with Crippen LogP contribution in [0, 0.1) is 5.92 Å². The Morgan fingerprint density at radius 1 is 1.32 bits per heavy atom. The van der Waals surface area contributed by atoms with Crippen molar-refractivity contribution < 1.29 is 9.53 Å². The molecule has 128 valence electrons. The number of guanidine groups is 1. The number of rotatable bonds is 6. The van der Waals surface area contributed by atoms with E-state index in [1.54, 1.807) is 4.90 Å². The molecule has 0 bridgehead atoms. The summed E-state index contributed by atoms with van der Waals surface area (Å²) in [4.78, 5) is 17.7. The Hall–Kier alpha value is -0.730. The van der Waals surface area contributed by atoms with E-state index in [0.29, 0.717) is 31.7 Å². The van der Waals surface area contributed by atoms with Gasteiger partial charge >= 0.3 is 6.09 Å². The predicted molar refractivity (Wildman–Crippen MR) is 98.6 cm³/mol. The first-order chi connectivity index (χ1) is 10.2. The van der Waals surface area contributed by atoms with Gasteiger partial charge in [-0.25, -0.2) is 4.79 Å². The maximum atomic E-state index is 11.6. The molecule has 0 aromatic rings. The summed E-state index contributed by atoms with van der Waals surface area (Å²) in [5.41, 5.74) is 5.91. The molecule has 1 saturated heterocycles. The van der Waals surface area contributed by atoms with Crippen LogP contribution in [-0.4, -0.2) is 49.2 Å². The first-order valence-electron chi connectivity index (χ1n) is 8.17. The van der Waals surface area contributed by atoms with E-state index in [0.717, 1.165) is 31.7 Å². The summed E-state index contributed by atoms with van der Waals surface area (Å²) in [7, 11) is 0. The highest BCUT2D eigenvalue weighted by atomic mass is 127. The van der Waals surface area contributed by atoms with Gasteiger partial charge < -0.3 is 20.7 Å². The summed E-state index contributed by atoms with van der Waals surface area (Å²) in [6.45, 7) is 4.50. The summed E-state index contributed by atoms with van der Waals surface area (Å²) in [5, 5.41) is 3.26. The minimum absolute atomic E-state index is 0. The van der Waals surface area contributed by atoms with Crippen molar-refractivity contribution in [1.82, 2.24) is 10.2 Å². The van der Waals surface area contributed by atoms with E-state index in [-0.39, 0.29) is 30.1 Å². The smallest absolute Gasteiger partial charge is 0.409 e. The van der Waals surface area contributed by atoms with Gasteiger partial charge in [0, 0.05) is 25.7 Å². The standard InChI is InChI=1S/C15H28N4O2.HI/c1-2-21-15(20)19-10-7-13(8-11-19)18-14(16)17-9-3-4-12-5-6-12;/h12-13H,2-11H2,1H3,(H3,16,17,18);1H. The molecule has 22 heavy (non-hydrogen) atoms. The van der Waals surface area contributed by atoms with Gasteiger partial charge in [0.1, 0.15) is 0 Å². The molecule has 0 unspecified atom stereocenters. The molecular weight excluding hydrogens is 395 g/mol. The fourth-order valence-electron chi connectivity index (χ4n) is 2.66. The molecule has 2 aliphatic rings. The molecule has 0 radical (unpaired) electrons. The maximum absolute atomic E-state index is 11.6. The number of carbonyl (C=O) groups is 1. The molecular formula is C15H29IN4O2. The van der Waals surface area contributed by atoms with Crippen molar-refractivity contribution in [2.75, 3.05) is 26.2 Å². The monoisotopic (exact) mass is 424 g/mol. The molecule has 6 nitrogen and oxygen atoms in total. The number of ether oxygens (including phenoxy) is 1. The number of aliphatic imine (C=N–C) groups is 1. The average Bonchev–Trinajstić information content (AvgIpc) is 3.29.